The third kappa shape index (κ3) is 7.17. The van der Waals surface area contributed by atoms with Gasteiger partial charge >= 0.3 is 0 Å². The zero-order chi connectivity index (χ0) is 18.2. The van der Waals surface area contributed by atoms with Crippen molar-refractivity contribution < 1.29 is 13.9 Å². The maximum absolute atomic E-state index is 13.6. The van der Waals surface area contributed by atoms with Crippen LogP contribution >= 0.6 is 24.0 Å². The Morgan fingerprint density at radius 1 is 1.19 bits per heavy atom. The molecule has 0 aliphatic carbocycles. The molecule has 0 unspecified atom stereocenters. The Kier molecular flexibility index (Phi) is 9.36. The molecule has 0 aliphatic heterocycles. The van der Waals surface area contributed by atoms with Crippen molar-refractivity contribution >= 4 is 35.6 Å². The van der Waals surface area contributed by atoms with E-state index >= 15 is 0 Å². The number of anilines is 1. The summed E-state index contributed by atoms with van der Waals surface area (Å²) in [6.45, 7) is 4.53. The van der Waals surface area contributed by atoms with Crippen LogP contribution in [-0.2, 0) is 17.9 Å². The molecular weight excluding hydrogens is 448 g/mol. The van der Waals surface area contributed by atoms with Crippen LogP contribution in [0.1, 0.15) is 25.0 Å². The fourth-order valence-corrected chi connectivity index (χ4v) is 2.25. The average molecular weight is 473 g/mol. The molecule has 5 nitrogen and oxygen atoms in total. The van der Waals surface area contributed by atoms with Crippen LogP contribution in [0.4, 0.5) is 10.1 Å². The van der Waals surface area contributed by atoms with E-state index in [1.165, 1.54) is 13.2 Å². The Morgan fingerprint density at radius 3 is 2.50 bits per heavy atom. The van der Waals surface area contributed by atoms with Gasteiger partial charge < -0.3 is 20.5 Å². The predicted octanol–water partition coefficient (Wildman–Crippen LogP) is 4.30. The second-order valence-corrected chi connectivity index (χ2v) is 5.88. The number of nitrogens with one attached hydrogen (secondary N) is 1. The van der Waals surface area contributed by atoms with Gasteiger partial charge in [-0.05, 0) is 55.8 Å². The van der Waals surface area contributed by atoms with E-state index in [2.05, 4.69) is 10.3 Å². The number of guanidine groups is 1. The van der Waals surface area contributed by atoms with E-state index in [9.17, 15) is 4.39 Å². The van der Waals surface area contributed by atoms with E-state index in [0.717, 1.165) is 17.0 Å². The van der Waals surface area contributed by atoms with Gasteiger partial charge in [-0.25, -0.2) is 9.38 Å². The molecule has 0 atom stereocenters. The number of ether oxygens (including phenoxy) is 2. The normalized spacial score (nSPS) is 11.2. The van der Waals surface area contributed by atoms with Crippen molar-refractivity contribution in [1.29, 1.82) is 0 Å². The van der Waals surface area contributed by atoms with E-state index in [4.69, 9.17) is 15.2 Å². The van der Waals surface area contributed by atoms with Gasteiger partial charge in [0.05, 0.1) is 19.3 Å². The fraction of sp³-hybridized carbons (Fsp3) is 0.316. The molecule has 2 rings (SSSR count). The molecule has 142 valence electrons. The third-order valence-electron chi connectivity index (χ3n) is 3.34. The highest BCUT2D eigenvalue weighted by molar-refractivity contribution is 14.0. The molecule has 2 aromatic carbocycles. The minimum absolute atomic E-state index is 0. The first kappa shape index (κ1) is 22.2. The van der Waals surface area contributed by atoms with Crippen molar-refractivity contribution in [3.05, 3.63) is 59.4 Å². The van der Waals surface area contributed by atoms with Crippen LogP contribution in [0.15, 0.2) is 47.5 Å². The largest absolute Gasteiger partial charge is 0.491 e. The summed E-state index contributed by atoms with van der Waals surface area (Å²) in [4.78, 5) is 4.28. The van der Waals surface area contributed by atoms with E-state index < -0.39 is 0 Å². The summed E-state index contributed by atoms with van der Waals surface area (Å²) in [5, 5.41) is 3.02. The molecule has 0 saturated heterocycles. The molecule has 0 heterocycles. The quantitative estimate of drug-likeness (QED) is 0.358. The molecule has 0 amide bonds. The van der Waals surface area contributed by atoms with Crippen LogP contribution in [0.2, 0.25) is 0 Å². The number of nitrogens with zero attached hydrogens (tertiary/aromatic N) is 1. The molecule has 0 saturated carbocycles. The lowest BCUT2D eigenvalue weighted by Crippen LogP contribution is -2.22. The second-order valence-electron chi connectivity index (χ2n) is 5.88. The zero-order valence-corrected chi connectivity index (χ0v) is 17.5. The monoisotopic (exact) mass is 473 g/mol. The smallest absolute Gasteiger partial charge is 0.193 e. The first-order valence-corrected chi connectivity index (χ1v) is 8.08. The van der Waals surface area contributed by atoms with Gasteiger partial charge in [-0.15, -0.1) is 24.0 Å². The first-order valence-electron chi connectivity index (χ1n) is 8.08. The Labute approximate surface area is 170 Å². The third-order valence-corrected chi connectivity index (χ3v) is 3.34. The van der Waals surface area contributed by atoms with Gasteiger partial charge in [-0.1, -0.05) is 6.07 Å². The molecule has 0 fully saturated rings. The predicted molar refractivity (Wildman–Crippen MR) is 114 cm³/mol. The molecule has 0 aliphatic rings. The maximum Gasteiger partial charge on any atom is 0.193 e. The Bertz CT molecular complexity index is 721. The van der Waals surface area contributed by atoms with Crippen molar-refractivity contribution in [2.24, 2.45) is 10.7 Å². The van der Waals surface area contributed by atoms with Crippen molar-refractivity contribution in [3.8, 4) is 5.75 Å². The Morgan fingerprint density at radius 2 is 1.88 bits per heavy atom. The Balaban J connectivity index is 0.00000338. The maximum atomic E-state index is 13.6. The molecule has 0 radical (unpaired) electrons. The summed E-state index contributed by atoms with van der Waals surface area (Å²) >= 11 is 0. The number of hydrogen-bond acceptors (Lipinski definition) is 3. The lowest BCUT2D eigenvalue weighted by Gasteiger charge is -2.11. The average Bonchev–Trinajstić information content (AvgIpc) is 2.57. The standard InChI is InChI=1S/C19H24FN3O2.HI/c1-13(2)25-17-7-5-16(6-8-17)23-19(21)22-11-14-4-9-18(20)15(10-14)12-24-3;/h4-10,13H,11-12H2,1-3H3,(H3,21,22,23);1H. The fourth-order valence-electron chi connectivity index (χ4n) is 2.25. The first-order chi connectivity index (χ1) is 12.0. The number of benzene rings is 2. The van der Waals surface area contributed by atoms with E-state index in [1.807, 2.05) is 38.1 Å². The minimum Gasteiger partial charge on any atom is -0.491 e. The van der Waals surface area contributed by atoms with Gasteiger partial charge in [-0.2, -0.15) is 0 Å². The number of rotatable bonds is 7. The minimum atomic E-state index is -0.288. The van der Waals surface area contributed by atoms with Crippen LogP contribution in [0, 0.1) is 5.82 Å². The van der Waals surface area contributed by atoms with E-state index in [1.54, 1.807) is 12.1 Å². The number of halogens is 2. The summed E-state index contributed by atoms with van der Waals surface area (Å²) in [5.74, 6) is 0.799. The Hall–Kier alpha value is -1.87. The summed E-state index contributed by atoms with van der Waals surface area (Å²) in [6.07, 6.45) is 0.129. The van der Waals surface area contributed by atoms with Crippen LogP contribution in [0.5, 0.6) is 5.75 Å². The second kappa shape index (κ2) is 11.0. The van der Waals surface area contributed by atoms with Crippen molar-refractivity contribution in [2.45, 2.75) is 33.1 Å². The zero-order valence-electron chi connectivity index (χ0n) is 15.2. The van der Waals surface area contributed by atoms with Gasteiger partial charge in [-0.3, -0.25) is 0 Å². The van der Waals surface area contributed by atoms with E-state index in [-0.39, 0.29) is 48.5 Å². The molecule has 26 heavy (non-hydrogen) atoms. The highest BCUT2D eigenvalue weighted by Crippen LogP contribution is 2.17. The molecular formula is C19H25FIN3O2. The number of hydrogen-bond donors (Lipinski definition) is 2. The summed E-state index contributed by atoms with van der Waals surface area (Å²) < 4.78 is 24.2. The lowest BCUT2D eigenvalue weighted by molar-refractivity contribution is 0.181. The molecule has 2 aromatic rings. The molecule has 0 bridgehead atoms. The van der Waals surface area contributed by atoms with Gasteiger partial charge in [0.2, 0.25) is 0 Å². The van der Waals surface area contributed by atoms with Gasteiger partial charge in [0.1, 0.15) is 11.6 Å². The summed E-state index contributed by atoms with van der Waals surface area (Å²) in [5.41, 5.74) is 8.09. The van der Waals surface area contributed by atoms with Gasteiger partial charge in [0.15, 0.2) is 5.96 Å². The van der Waals surface area contributed by atoms with Crippen LogP contribution < -0.4 is 15.8 Å². The van der Waals surface area contributed by atoms with Gasteiger partial charge in [0, 0.05) is 18.4 Å². The van der Waals surface area contributed by atoms with Crippen molar-refractivity contribution in [1.82, 2.24) is 0 Å². The van der Waals surface area contributed by atoms with Crippen LogP contribution in [0.25, 0.3) is 0 Å². The highest BCUT2D eigenvalue weighted by atomic mass is 127. The number of methoxy groups -OCH3 is 1. The van der Waals surface area contributed by atoms with E-state index in [0.29, 0.717) is 12.1 Å². The number of nitrogens with two attached hydrogens (primary N) is 1. The molecule has 3 N–H and O–H groups in total. The molecule has 0 aromatic heterocycles. The number of aliphatic imine (C=N–C) groups is 1. The van der Waals surface area contributed by atoms with Gasteiger partial charge in [0.25, 0.3) is 0 Å². The van der Waals surface area contributed by atoms with Crippen LogP contribution in [0.3, 0.4) is 0 Å². The highest BCUT2D eigenvalue weighted by Gasteiger charge is 2.04. The molecule has 7 heteroatoms. The molecule has 0 spiro atoms. The van der Waals surface area contributed by atoms with Crippen molar-refractivity contribution in [3.63, 3.8) is 0 Å². The summed E-state index contributed by atoms with van der Waals surface area (Å²) in [7, 11) is 1.53. The van der Waals surface area contributed by atoms with Crippen molar-refractivity contribution in [2.75, 3.05) is 12.4 Å². The summed E-state index contributed by atoms with van der Waals surface area (Å²) in [6, 6.07) is 12.3. The topological polar surface area (TPSA) is 68.9 Å². The lowest BCUT2D eigenvalue weighted by atomic mass is 10.1. The SMILES string of the molecule is COCc1cc(CN=C(N)Nc2ccc(OC(C)C)cc2)ccc1F.I. The van der Waals surface area contributed by atoms with Crippen LogP contribution in [-0.4, -0.2) is 19.2 Å².